The van der Waals surface area contributed by atoms with Gasteiger partial charge in [-0.25, -0.2) is 9.97 Å². The highest BCUT2D eigenvalue weighted by Gasteiger charge is 2.13. The summed E-state index contributed by atoms with van der Waals surface area (Å²) in [4.78, 5) is 13.5. The average molecular weight is 398 g/mol. The molecule has 0 atom stereocenters. The number of aromatic nitrogens is 3. The van der Waals surface area contributed by atoms with Crippen LogP contribution in [-0.4, -0.2) is 28.6 Å². The summed E-state index contributed by atoms with van der Waals surface area (Å²) in [6, 6.07) is 3.95. The van der Waals surface area contributed by atoms with Gasteiger partial charge in [-0.3, -0.25) is 4.98 Å². The maximum Gasteiger partial charge on any atom is 0.163 e. The first-order valence-electron chi connectivity index (χ1n) is 6.88. The topological polar surface area (TPSA) is 59.9 Å². The number of rotatable bonds is 6. The number of halogens is 1. The van der Waals surface area contributed by atoms with E-state index in [2.05, 4.69) is 49.8 Å². The standard InChI is InChI=1S/C15H19IN4O/c1-4-7-17-15-13(16)12(9-21-3)19-14(20-15)11-6-5-10(2)18-8-11/h5-6,8H,4,7,9H2,1-3H3,(H,17,19,20). The van der Waals surface area contributed by atoms with Crippen LogP contribution >= 0.6 is 22.6 Å². The zero-order valence-electron chi connectivity index (χ0n) is 12.5. The second-order valence-electron chi connectivity index (χ2n) is 4.70. The Balaban J connectivity index is 2.44. The molecular weight excluding hydrogens is 379 g/mol. The van der Waals surface area contributed by atoms with E-state index in [0.29, 0.717) is 12.4 Å². The number of nitrogens with zero attached hydrogens (tertiary/aromatic N) is 3. The van der Waals surface area contributed by atoms with E-state index in [0.717, 1.165) is 39.3 Å². The smallest absolute Gasteiger partial charge is 0.163 e. The summed E-state index contributed by atoms with van der Waals surface area (Å²) in [6.45, 7) is 5.43. The minimum absolute atomic E-state index is 0.466. The fourth-order valence-corrected chi connectivity index (χ4v) is 2.40. The number of ether oxygens (including phenoxy) is 1. The van der Waals surface area contributed by atoms with Gasteiger partial charge in [-0.05, 0) is 48.1 Å². The molecule has 0 amide bonds. The largest absolute Gasteiger partial charge is 0.378 e. The molecule has 0 radical (unpaired) electrons. The SMILES string of the molecule is CCCNc1nc(-c2ccc(C)nc2)nc(COC)c1I. The van der Waals surface area contributed by atoms with Crippen molar-refractivity contribution >= 4 is 28.4 Å². The summed E-state index contributed by atoms with van der Waals surface area (Å²) >= 11 is 2.26. The number of anilines is 1. The number of methoxy groups -OCH3 is 1. The van der Waals surface area contributed by atoms with E-state index in [1.807, 2.05) is 19.1 Å². The van der Waals surface area contributed by atoms with Crippen LogP contribution in [-0.2, 0) is 11.3 Å². The molecule has 0 saturated carbocycles. The maximum atomic E-state index is 5.24. The Kier molecular flexibility index (Phi) is 5.86. The van der Waals surface area contributed by atoms with E-state index in [1.54, 1.807) is 13.3 Å². The van der Waals surface area contributed by atoms with E-state index in [4.69, 9.17) is 4.74 Å². The highest BCUT2D eigenvalue weighted by molar-refractivity contribution is 14.1. The van der Waals surface area contributed by atoms with Crippen LogP contribution in [0, 0.1) is 10.5 Å². The van der Waals surface area contributed by atoms with E-state index in [9.17, 15) is 0 Å². The average Bonchev–Trinajstić information content (AvgIpc) is 2.49. The minimum Gasteiger partial charge on any atom is -0.378 e. The van der Waals surface area contributed by atoms with Gasteiger partial charge >= 0.3 is 0 Å². The number of hydrogen-bond donors (Lipinski definition) is 1. The van der Waals surface area contributed by atoms with Crippen molar-refractivity contribution in [2.45, 2.75) is 26.9 Å². The summed E-state index contributed by atoms with van der Waals surface area (Å²) in [5.41, 5.74) is 2.78. The third kappa shape index (κ3) is 4.10. The van der Waals surface area contributed by atoms with E-state index in [1.165, 1.54) is 0 Å². The molecule has 6 heteroatoms. The van der Waals surface area contributed by atoms with Crippen molar-refractivity contribution in [3.05, 3.63) is 33.3 Å². The molecule has 112 valence electrons. The Morgan fingerprint density at radius 1 is 1.29 bits per heavy atom. The van der Waals surface area contributed by atoms with Crippen molar-refractivity contribution in [3.63, 3.8) is 0 Å². The van der Waals surface area contributed by atoms with Gasteiger partial charge in [-0.15, -0.1) is 0 Å². The molecule has 0 spiro atoms. The van der Waals surface area contributed by atoms with E-state index < -0.39 is 0 Å². The van der Waals surface area contributed by atoms with Crippen LogP contribution in [0.25, 0.3) is 11.4 Å². The van der Waals surface area contributed by atoms with Gasteiger partial charge in [0.1, 0.15) is 5.82 Å². The molecule has 0 bridgehead atoms. The summed E-state index contributed by atoms with van der Waals surface area (Å²) in [5, 5.41) is 3.35. The van der Waals surface area contributed by atoms with Crippen molar-refractivity contribution in [1.82, 2.24) is 15.0 Å². The fraction of sp³-hybridized carbons (Fsp3) is 0.400. The normalized spacial score (nSPS) is 10.7. The Morgan fingerprint density at radius 2 is 2.10 bits per heavy atom. The number of aryl methyl sites for hydroxylation is 1. The first-order chi connectivity index (χ1) is 10.2. The minimum atomic E-state index is 0.466. The highest BCUT2D eigenvalue weighted by Crippen LogP contribution is 2.24. The van der Waals surface area contributed by atoms with Crippen LogP contribution in [0.3, 0.4) is 0 Å². The molecule has 0 aromatic carbocycles. The molecular formula is C15H19IN4O. The van der Waals surface area contributed by atoms with Crippen molar-refractivity contribution in [3.8, 4) is 11.4 Å². The Hall–Kier alpha value is -1.28. The Labute approximate surface area is 138 Å². The van der Waals surface area contributed by atoms with Gasteiger partial charge in [-0.2, -0.15) is 0 Å². The third-order valence-electron chi connectivity index (χ3n) is 2.91. The van der Waals surface area contributed by atoms with Gasteiger partial charge in [0.15, 0.2) is 5.82 Å². The monoisotopic (exact) mass is 398 g/mol. The molecule has 0 aliphatic heterocycles. The first kappa shape index (κ1) is 16.1. The van der Waals surface area contributed by atoms with Crippen molar-refractivity contribution in [1.29, 1.82) is 0 Å². The van der Waals surface area contributed by atoms with Gasteiger partial charge in [0.05, 0.1) is 15.9 Å². The summed E-state index contributed by atoms with van der Waals surface area (Å²) in [6.07, 6.45) is 2.85. The summed E-state index contributed by atoms with van der Waals surface area (Å²) in [7, 11) is 1.67. The van der Waals surface area contributed by atoms with E-state index >= 15 is 0 Å². The van der Waals surface area contributed by atoms with Crippen LogP contribution < -0.4 is 5.32 Å². The van der Waals surface area contributed by atoms with E-state index in [-0.39, 0.29) is 0 Å². The predicted octanol–water partition coefficient (Wildman–Crippen LogP) is 3.42. The zero-order chi connectivity index (χ0) is 15.2. The molecule has 2 rings (SSSR count). The number of pyridine rings is 1. The van der Waals surface area contributed by atoms with Crippen LogP contribution in [0.5, 0.6) is 0 Å². The first-order valence-corrected chi connectivity index (χ1v) is 7.95. The molecule has 0 saturated heterocycles. The van der Waals surface area contributed by atoms with Crippen molar-refractivity contribution < 1.29 is 4.74 Å². The molecule has 2 aromatic rings. The molecule has 0 aliphatic rings. The maximum absolute atomic E-state index is 5.24. The van der Waals surface area contributed by atoms with Crippen LogP contribution in [0.15, 0.2) is 18.3 Å². The number of hydrogen-bond acceptors (Lipinski definition) is 5. The Morgan fingerprint density at radius 3 is 2.71 bits per heavy atom. The van der Waals surface area contributed by atoms with Crippen molar-refractivity contribution in [2.75, 3.05) is 19.0 Å². The van der Waals surface area contributed by atoms with Gasteiger partial charge in [-0.1, -0.05) is 6.92 Å². The molecule has 1 N–H and O–H groups in total. The van der Waals surface area contributed by atoms with Gasteiger partial charge in [0.25, 0.3) is 0 Å². The lowest BCUT2D eigenvalue weighted by atomic mass is 10.2. The second kappa shape index (κ2) is 7.65. The summed E-state index contributed by atoms with van der Waals surface area (Å²) < 4.78 is 6.25. The second-order valence-corrected chi connectivity index (χ2v) is 5.78. The lowest BCUT2D eigenvalue weighted by molar-refractivity contribution is 0.181. The lowest BCUT2D eigenvalue weighted by Gasteiger charge is -2.12. The summed E-state index contributed by atoms with van der Waals surface area (Å²) in [5.74, 6) is 1.53. The van der Waals surface area contributed by atoms with Crippen LogP contribution in [0.4, 0.5) is 5.82 Å². The number of nitrogens with one attached hydrogen (secondary N) is 1. The predicted molar refractivity (Wildman–Crippen MR) is 92.2 cm³/mol. The highest BCUT2D eigenvalue weighted by atomic mass is 127. The van der Waals surface area contributed by atoms with Crippen molar-refractivity contribution in [2.24, 2.45) is 0 Å². The van der Waals surface area contributed by atoms with Gasteiger partial charge in [0, 0.05) is 31.1 Å². The molecule has 21 heavy (non-hydrogen) atoms. The molecule has 0 fully saturated rings. The van der Waals surface area contributed by atoms with Gasteiger partial charge < -0.3 is 10.1 Å². The van der Waals surface area contributed by atoms with Crippen LogP contribution in [0.1, 0.15) is 24.7 Å². The lowest BCUT2D eigenvalue weighted by Crippen LogP contribution is -2.09. The van der Waals surface area contributed by atoms with Crippen LogP contribution in [0.2, 0.25) is 0 Å². The molecule has 0 aliphatic carbocycles. The molecule has 2 heterocycles. The zero-order valence-corrected chi connectivity index (χ0v) is 14.6. The van der Waals surface area contributed by atoms with Gasteiger partial charge in [0.2, 0.25) is 0 Å². The quantitative estimate of drug-likeness (QED) is 0.756. The third-order valence-corrected chi connectivity index (χ3v) is 4.05. The Bertz CT molecular complexity index is 601. The molecule has 5 nitrogen and oxygen atoms in total. The fourth-order valence-electron chi connectivity index (χ4n) is 1.82. The molecule has 2 aromatic heterocycles. The molecule has 0 unspecified atom stereocenters.